The number of carbonyl (C=O) groups excluding carboxylic acids is 2. The third-order valence-corrected chi connectivity index (χ3v) is 4.21. The van der Waals surface area contributed by atoms with Gasteiger partial charge in [-0.3, -0.25) is 9.59 Å². The van der Waals surface area contributed by atoms with E-state index in [0.717, 1.165) is 11.8 Å². The molecule has 0 aromatic heterocycles. The smallest absolute Gasteiger partial charge is 0.337 e. The third-order valence-electron chi connectivity index (χ3n) is 2.92. The van der Waals surface area contributed by atoms with Crippen molar-refractivity contribution in [3.8, 4) is 0 Å². The number of halogens is 1. The molecule has 0 saturated carbocycles. The highest BCUT2D eigenvalue weighted by atomic mass is 35.5. The number of carboxylic acid groups (broad SMARTS) is 1. The monoisotopic (exact) mass is 313 g/mol. The first-order valence-electron chi connectivity index (χ1n) is 5.89. The molecule has 1 N–H and O–H groups in total. The van der Waals surface area contributed by atoms with Crippen molar-refractivity contribution in [2.75, 3.05) is 11.4 Å². The van der Waals surface area contributed by atoms with E-state index >= 15 is 0 Å². The Bertz CT molecular complexity index is 590. The summed E-state index contributed by atoms with van der Waals surface area (Å²) in [6, 6.07) is 4.39. The van der Waals surface area contributed by atoms with Crippen molar-refractivity contribution in [2.24, 2.45) is 0 Å². The molecule has 1 heterocycles. The predicted molar refractivity (Wildman–Crippen MR) is 77.4 cm³/mol. The maximum Gasteiger partial charge on any atom is 0.337 e. The predicted octanol–water partition coefficient (Wildman–Crippen LogP) is 2.42. The van der Waals surface area contributed by atoms with Crippen molar-refractivity contribution in [1.82, 2.24) is 0 Å². The molecule has 20 heavy (non-hydrogen) atoms. The maximum atomic E-state index is 11.9. The number of rotatable bonds is 3. The molecule has 7 heteroatoms. The van der Waals surface area contributed by atoms with Crippen molar-refractivity contribution in [1.29, 1.82) is 0 Å². The van der Waals surface area contributed by atoms with E-state index < -0.39 is 5.97 Å². The van der Waals surface area contributed by atoms with Crippen LogP contribution in [0.4, 0.5) is 5.69 Å². The number of benzene rings is 1. The molecule has 0 spiro atoms. The molecule has 1 amide bonds. The number of nitrogens with zero attached hydrogens (tertiary/aromatic N) is 1. The Hall–Kier alpha value is -1.53. The van der Waals surface area contributed by atoms with Gasteiger partial charge >= 0.3 is 5.97 Å². The summed E-state index contributed by atoms with van der Waals surface area (Å²) in [4.78, 5) is 35.4. The Labute approximate surface area is 124 Å². The van der Waals surface area contributed by atoms with Crippen LogP contribution < -0.4 is 4.90 Å². The Morgan fingerprint density at radius 3 is 2.70 bits per heavy atom. The molecular weight excluding hydrogens is 302 g/mol. The Morgan fingerprint density at radius 1 is 1.45 bits per heavy atom. The van der Waals surface area contributed by atoms with E-state index in [4.69, 9.17) is 16.7 Å². The summed E-state index contributed by atoms with van der Waals surface area (Å²) in [7, 11) is 0. The number of carboxylic acids is 1. The summed E-state index contributed by atoms with van der Waals surface area (Å²) in [5, 5.41) is 8.90. The Morgan fingerprint density at radius 2 is 2.15 bits per heavy atom. The summed E-state index contributed by atoms with van der Waals surface area (Å²) in [6.45, 7) is 1.89. The second-order valence-corrected chi connectivity index (χ2v) is 6.29. The molecule has 106 valence electrons. The van der Waals surface area contributed by atoms with Crippen LogP contribution in [0.2, 0.25) is 5.02 Å². The van der Waals surface area contributed by atoms with E-state index in [0.29, 0.717) is 18.7 Å². The van der Waals surface area contributed by atoms with Gasteiger partial charge in [0.05, 0.1) is 10.6 Å². The molecule has 0 aliphatic carbocycles. The lowest BCUT2D eigenvalue weighted by atomic mass is 10.2. The lowest BCUT2D eigenvalue weighted by Gasteiger charge is -2.17. The quantitative estimate of drug-likeness (QED) is 0.927. The number of anilines is 1. The molecule has 1 fully saturated rings. The van der Waals surface area contributed by atoms with Crippen LogP contribution in [0.5, 0.6) is 0 Å². The first-order chi connectivity index (χ1) is 9.38. The highest BCUT2D eigenvalue weighted by Crippen LogP contribution is 2.31. The molecular formula is C13H12ClNO4S. The molecule has 0 bridgehead atoms. The standard InChI is InChI=1S/C13H12ClNO4S/c1-7(16)20-9-5-12(17)15(6-9)8-2-3-10(13(18)19)11(14)4-8/h2-4,9H,5-6H2,1H3,(H,18,19). The fourth-order valence-electron chi connectivity index (χ4n) is 2.08. The average molecular weight is 314 g/mol. The van der Waals surface area contributed by atoms with Gasteiger partial charge in [-0.05, 0) is 18.2 Å². The number of carbonyl (C=O) groups is 3. The first-order valence-corrected chi connectivity index (χ1v) is 7.14. The molecule has 1 unspecified atom stereocenters. The highest BCUT2D eigenvalue weighted by Gasteiger charge is 2.32. The van der Waals surface area contributed by atoms with Crippen LogP contribution in [-0.4, -0.2) is 33.9 Å². The molecule has 1 aromatic rings. The van der Waals surface area contributed by atoms with E-state index in [1.54, 1.807) is 6.07 Å². The van der Waals surface area contributed by atoms with Crippen LogP contribution in [0.15, 0.2) is 18.2 Å². The third kappa shape index (κ3) is 3.13. The minimum absolute atomic E-state index is 0.00303. The number of amides is 1. The fourth-order valence-corrected chi connectivity index (χ4v) is 3.26. The van der Waals surface area contributed by atoms with Crippen LogP contribution >= 0.6 is 23.4 Å². The van der Waals surface area contributed by atoms with Crippen LogP contribution in [0.3, 0.4) is 0 Å². The zero-order chi connectivity index (χ0) is 14.9. The van der Waals surface area contributed by atoms with Crippen LogP contribution in [0.1, 0.15) is 23.7 Å². The van der Waals surface area contributed by atoms with Crippen molar-refractivity contribution in [3.63, 3.8) is 0 Å². The van der Waals surface area contributed by atoms with Gasteiger partial charge in [0.2, 0.25) is 5.91 Å². The van der Waals surface area contributed by atoms with Gasteiger partial charge in [0.15, 0.2) is 5.12 Å². The van der Waals surface area contributed by atoms with Gasteiger partial charge in [-0.2, -0.15) is 0 Å². The Balaban J connectivity index is 2.20. The zero-order valence-electron chi connectivity index (χ0n) is 10.6. The number of hydrogen-bond donors (Lipinski definition) is 1. The van der Waals surface area contributed by atoms with E-state index in [9.17, 15) is 14.4 Å². The van der Waals surface area contributed by atoms with Crippen molar-refractivity contribution >= 4 is 46.0 Å². The van der Waals surface area contributed by atoms with Crippen molar-refractivity contribution < 1.29 is 19.5 Å². The largest absolute Gasteiger partial charge is 0.478 e. The van der Waals surface area contributed by atoms with Crippen molar-refractivity contribution in [3.05, 3.63) is 28.8 Å². The van der Waals surface area contributed by atoms with Crippen molar-refractivity contribution in [2.45, 2.75) is 18.6 Å². The molecule has 2 rings (SSSR count). The lowest BCUT2D eigenvalue weighted by molar-refractivity contribution is -0.117. The minimum Gasteiger partial charge on any atom is -0.478 e. The second-order valence-electron chi connectivity index (χ2n) is 4.41. The Kier molecular flexibility index (Phi) is 4.35. The van der Waals surface area contributed by atoms with E-state index in [-0.39, 0.29) is 26.9 Å². The van der Waals surface area contributed by atoms with E-state index in [1.165, 1.54) is 24.0 Å². The number of hydrogen-bond acceptors (Lipinski definition) is 4. The van der Waals surface area contributed by atoms with Gasteiger partial charge in [-0.25, -0.2) is 4.79 Å². The number of aromatic carboxylic acids is 1. The molecule has 1 aromatic carbocycles. The van der Waals surface area contributed by atoms with Gasteiger partial charge < -0.3 is 10.0 Å². The van der Waals surface area contributed by atoms with E-state index in [2.05, 4.69) is 0 Å². The van der Waals surface area contributed by atoms with Gasteiger partial charge in [0.25, 0.3) is 0 Å². The van der Waals surface area contributed by atoms with Crippen LogP contribution in [0, 0.1) is 0 Å². The maximum absolute atomic E-state index is 11.9. The first kappa shape index (κ1) is 14.9. The minimum atomic E-state index is -1.11. The zero-order valence-corrected chi connectivity index (χ0v) is 12.2. The normalized spacial score (nSPS) is 18.4. The van der Waals surface area contributed by atoms with E-state index in [1.807, 2.05) is 0 Å². The molecule has 1 aliphatic rings. The lowest BCUT2D eigenvalue weighted by Crippen LogP contribution is -2.25. The topological polar surface area (TPSA) is 74.7 Å². The van der Waals surface area contributed by atoms with Gasteiger partial charge in [-0.15, -0.1) is 0 Å². The van der Waals surface area contributed by atoms with Gasteiger partial charge in [0, 0.05) is 30.8 Å². The summed E-state index contributed by atoms with van der Waals surface area (Å²) in [6.07, 6.45) is 0.294. The molecule has 5 nitrogen and oxygen atoms in total. The average Bonchev–Trinajstić information content (AvgIpc) is 2.68. The number of thioether (sulfide) groups is 1. The van der Waals surface area contributed by atoms with Gasteiger partial charge in [0.1, 0.15) is 0 Å². The molecule has 1 aliphatic heterocycles. The SMILES string of the molecule is CC(=O)SC1CC(=O)N(c2ccc(C(=O)O)c(Cl)c2)C1. The summed E-state index contributed by atoms with van der Waals surface area (Å²) >= 11 is 7.04. The molecule has 1 atom stereocenters. The van der Waals surface area contributed by atoms with Crippen LogP contribution in [-0.2, 0) is 9.59 Å². The summed E-state index contributed by atoms with van der Waals surface area (Å²) in [5.41, 5.74) is 0.549. The summed E-state index contributed by atoms with van der Waals surface area (Å²) < 4.78 is 0. The van der Waals surface area contributed by atoms with Crippen LogP contribution in [0.25, 0.3) is 0 Å². The fraction of sp³-hybridized carbons (Fsp3) is 0.308. The van der Waals surface area contributed by atoms with Gasteiger partial charge in [-0.1, -0.05) is 23.4 Å². The molecule has 0 radical (unpaired) electrons. The second kappa shape index (κ2) is 5.85. The highest BCUT2D eigenvalue weighted by molar-refractivity contribution is 8.14. The molecule has 1 saturated heterocycles. The summed E-state index contributed by atoms with van der Waals surface area (Å²) in [5.74, 6) is -1.21.